The lowest BCUT2D eigenvalue weighted by molar-refractivity contribution is 0.00578. The van der Waals surface area contributed by atoms with Crippen molar-refractivity contribution in [1.29, 1.82) is 0 Å². The van der Waals surface area contributed by atoms with Gasteiger partial charge >= 0.3 is 7.12 Å². The zero-order chi connectivity index (χ0) is 17.6. The number of hydrogen-bond donors (Lipinski definition) is 0. The van der Waals surface area contributed by atoms with Crippen molar-refractivity contribution in [3.63, 3.8) is 0 Å². The molecular formula is C17H28BNO4S. The lowest BCUT2D eigenvalue weighted by Crippen LogP contribution is -2.41. The zero-order valence-electron chi connectivity index (χ0n) is 15.2. The van der Waals surface area contributed by atoms with Gasteiger partial charge in [0.15, 0.2) is 9.84 Å². The molecule has 2 heterocycles. The van der Waals surface area contributed by atoms with Gasteiger partial charge in [0.2, 0.25) is 0 Å². The van der Waals surface area contributed by atoms with E-state index in [0.29, 0.717) is 13.1 Å². The summed E-state index contributed by atoms with van der Waals surface area (Å²) in [6, 6.07) is 0. The molecule has 0 atom stereocenters. The molecule has 7 heteroatoms. The number of sulfone groups is 1. The van der Waals surface area contributed by atoms with Crippen LogP contribution in [0.15, 0.2) is 23.2 Å². The summed E-state index contributed by atoms with van der Waals surface area (Å²) in [7, 11) is -3.06. The average molecular weight is 353 g/mol. The standard InChI is InChI=1S/C17H28BNO4S/c1-16(2)17(3,4)23-18(22-16)15-7-5-14(6-8-15)13-19-9-11-24(20,21)12-10-19/h5,7H,6,8-13H2,1-4H3. The van der Waals surface area contributed by atoms with Gasteiger partial charge in [-0.05, 0) is 46.0 Å². The first-order chi connectivity index (χ1) is 11.1. The minimum atomic E-state index is -2.80. The van der Waals surface area contributed by atoms with Gasteiger partial charge in [0.1, 0.15) is 0 Å². The Morgan fingerprint density at radius 3 is 2.12 bits per heavy atom. The minimum absolute atomic E-state index is 0.257. The van der Waals surface area contributed by atoms with E-state index < -0.39 is 9.84 Å². The largest absolute Gasteiger partial charge is 0.490 e. The Balaban J connectivity index is 1.59. The lowest BCUT2D eigenvalue weighted by Gasteiger charge is -2.32. The van der Waals surface area contributed by atoms with Crippen molar-refractivity contribution in [2.24, 2.45) is 0 Å². The highest BCUT2D eigenvalue weighted by atomic mass is 32.2. The molecule has 0 unspecified atom stereocenters. The molecule has 0 bridgehead atoms. The second-order valence-electron chi connectivity index (χ2n) is 8.08. The van der Waals surface area contributed by atoms with Gasteiger partial charge in [-0.25, -0.2) is 8.42 Å². The number of allylic oxidation sites excluding steroid dienone is 3. The predicted molar refractivity (Wildman–Crippen MR) is 96.6 cm³/mol. The number of hydrogen-bond acceptors (Lipinski definition) is 5. The third kappa shape index (κ3) is 3.79. The quantitative estimate of drug-likeness (QED) is 0.727. The maximum atomic E-state index is 11.5. The molecule has 5 nitrogen and oxygen atoms in total. The van der Waals surface area contributed by atoms with E-state index >= 15 is 0 Å². The average Bonchev–Trinajstić information content (AvgIpc) is 2.70. The van der Waals surface area contributed by atoms with Crippen molar-refractivity contribution < 1.29 is 17.7 Å². The van der Waals surface area contributed by atoms with Crippen LogP contribution >= 0.6 is 0 Å². The summed E-state index contributed by atoms with van der Waals surface area (Å²) in [4.78, 5) is 2.24. The van der Waals surface area contributed by atoms with Gasteiger partial charge in [0.25, 0.3) is 0 Å². The van der Waals surface area contributed by atoms with Crippen LogP contribution in [0.1, 0.15) is 40.5 Å². The van der Waals surface area contributed by atoms with Crippen LogP contribution in [0.3, 0.4) is 0 Å². The molecule has 2 saturated heterocycles. The van der Waals surface area contributed by atoms with Crippen molar-refractivity contribution in [1.82, 2.24) is 4.90 Å². The summed E-state index contributed by atoms with van der Waals surface area (Å²) in [5.74, 6) is 0.574. The fraction of sp³-hybridized carbons (Fsp3) is 0.765. The van der Waals surface area contributed by atoms with E-state index in [2.05, 4.69) is 44.7 Å². The van der Waals surface area contributed by atoms with Crippen molar-refractivity contribution in [2.45, 2.75) is 51.7 Å². The molecule has 3 rings (SSSR count). The van der Waals surface area contributed by atoms with E-state index in [0.717, 1.165) is 19.4 Å². The summed E-state index contributed by atoms with van der Waals surface area (Å²) in [6.45, 7) is 10.4. The Labute approximate surface area is 146 Å². The maximum absolute atomic E-state index is 11.5. The van der Waals surface area contributed by atoms with Crippen molar-refractivity contribution in [2.75, 3.05) is 31.1 Å². The summed E-state index contributed by atoms with van der Waals surface area (Å²) >= 11 is 0. The third-order valence-corrected chi connectivity index (χ3v) is 7.30. The van der Waals surface area contributed by atoms with Gasteiger partial charge in [-0.1, -0.05) is 17.7 Å². The van der Waals surface area contributed by atoms with Crippen molar-refractivity contribution in [3.05, 3.63) is 23.2 Å². The Kier molecular flexibility index (Phi) is 4.75. The van der Waals surface area contributed by atoms with E-state index in [9.17, 15) is 8.42 Å². The molecule has 0 saturated carbocycles. The first-order valence-electron chi connectivity index (χ1n) is 8.75. The summed E-state index contributed by atoms with van der Waals surface area (Å²) in [6.07, 6.45) is 6.21. The molecule has 0 aromatic heterocycles. The molecule has 134 valence electrons. The number of nitrogens with zero attached hydrogens (tertiary/aromatic N) is 1. The van der Waals surface area contributed by atoms with Crippen LogP contribution in [-0.4, -0.2) is 62.8 Å². The first-order valence-corrected chi connectivity index (χ1v) is 10.6. The third-order valence-electron chi connectivity index (χ3n) is 5.69. The van der Waals surface area contributed by atoms with Gasteiger partial charge in [0, 0.05) is 19.6 Å². The summed E-state index contributed by atoms with van der Waals surface area (Å²) < 4.78 is 35.2. The Bertz CT molecular complexity index is 636. The normalized spacial score (nSPS) is 29.2. The highest BCUT2D eigenvalue weighted by Gasteiger charge is 2.52. The van der Waals surface area contributed by atoms with Crippen LogP contribution in [0.5, 0.6) is 0 Å². The molecule has 2 fully saturated rings. The van der Waals surface area contributed by atoms with Crippen LogP contribution in [0, 0.1) is 0 Å². The predicted octanol–water partition coefficient (Wildman–Crippen LogP) is 1.99. The molecule has 24 heavy (non-hydrogen) atoms. The second-order valence-corrected chi connectivity index (χ2v) is 10.4. The van der Waals surface area contributed by atoms with E-state index in [4.69, 9.17) is 9.31 Å². The van der Waals surface area contributed by atoms with Crippen LogP contribution in [0.4, 0.5) is 0 Å². The molecular weight excluding hydrogens is 325 g/mol. The molecule has 0 N–H and O–H groups in total. The molecule has 0 aromatic rings. The van der Waals surface area contributed by atoms with Crippen molar-refractivity contribution >= 4 is 17.0 Å². The van der Waals surface area contributed by atoms with Crippen LogP contribution in [-0.2, 0) is 19.1 Å². The first kappa shape index (κ1) is 18.2. The monoisotopic (exact) mass is 353 g/mol. The minimum Gasteiger partial charge on any atom is -0.400 e. The fourth-order valence-corrected chi connectivity index (χ4v) is 4.49. The van der Waals surface area contributed by atoms with E-state index in [-0.39, 0.29) is 29.8 Å². The zero-order valence-corrected chi connectivity index (χ0v) is 16.0. The van der Waals surface area contributed by atoms with E-state index in [1.54, 1.807) is 0 Å². The highest BCUT2D eigenvalue weighted by Crippen LogP contribution is 2.40. The Morgan fingerprint density at radius 2 is 1.62 bits per heavy atom. The smallest absolute Gasteiger partial charge is 0.400 e. The van der Waals surface area contributed by atoms with Gasteiger partial charge in [-0.3, -0.25) is 4.90 Å². The second kappa shape index (κ2) is 6.27. The van der Waals surface area contributed by atoms with Crippen LogP contribution < -0.4 is 0 Å². The fourth-order valence-electron chi connectivity index (χ4n) is 3.21. The molecule has 0 spiro atoms. The lowest BCUT2D eigenvalue weighted by atomic mass is 9.73. The van der Waals surface area contributed by atoms with Crippen LogP contribution in [0.2, 0.25) is 0 Å². The molecule has 1 aliphatic carbocycles. The molecule has 0 radical (unpaired) electrons. The van der Waals surface area contributed by atoms with E-state index in [1.807, 2.05) is 0 Å². The Hall–Kier alpha value is -0.625. The topological polar surface area (TPSA) is 55.8 Å². The van der Waals surface area contributed by atoms with Crippen LogP contribution in [0.25, 0.3) is 0 Å². The van der Waals surface area contributed by atoms with Gasteiger partial charge < -0.3 is 9.31 Å². The maximum Gasteiger partial charge on any atom is 0.490 e. The summed E-state index contributed by atoms with van der Waals surface area (Å²) in [5.41, 5.74) is 1.94. The van der Waals surface area contributed by atoms with E-state index in [1.165, 1.54) is 11.0 Å². The molecule has 0 amide bonds. The van der Waals surface area contributed by atoms with Gasteiger partial charge in [0.05, 0.1) is 22.7 Å². The Morgan fingerprint density at radius 1 is 1.04 bits per heavy atom. The van der Waals surface area contributed by atoms with Gasteiger partial charge in [-0.2, -0.15) is 0 Å². The van der Waals surface area contributed by atoms with Gasteiger partial charge in [-0.15, -0.1) is 0 Å². The highest BCUT2D eigenvalue weighted by molar-refractivity contribution is 7.91. The molecule has 0 aromatic carbocycles. The number of rotatable bonds is 3. The molecule has 2 aliphatic heterocycles. The molecule has 3 aliphatic rings. The summed E-state index contributed by atoms with van der Waals surface area (Å²) in [5, 5.41) is 0. The van der Waals surface area contributed by atoms with Crippen molar-refractivity contribution in [3.8, 4) is 0 Å². The SMILES string of the molecule is CC1(C)OB(C2=CC=C(CN3CCS(=O)(=O)CC3)CC2)OC1(C)C.